The van der Waals surface area contributed by atoms with Crippen molar-refractivity contribution in [2.75, 3.05) is 20.2 Å². The van der Waals surface area contributed by atoms with Crippen LogP contribution in [0.25, 0.3) is 11.1 Å². The van der Waals surface area contributed by atoms with Gasteiger partial charge in [0, 0.05) is 12.1 Å². The predicted octanol–water partition coefficient (Wildman–Crippen LogP) is 4.37. The molecule has 2 aromatic carbocycles. The molecule has 0 aromatic heterocycles. The fourth-order valence-electron chi connectivity index (χ4n) is 2.57. The lowest BCUT2D eigenvalue weighted by Crippen LogP contribution is -2.32. The summed E-state index contributed by atoms with van der Waals surface area (Å²) in [5.74, 6) is 0.820. The van der Waals surface area contributed by atoms with Gasteiger partial charge in [0.05, 0.1) is 6.61 Å². The maximum Gasteiger partial charge on any atom is 0.407 e. The molecular formula is C22H30N2O3. The largest absolute Gasteiger partial charge is 0.493 e. The molecule has 2 N–H and O–H groups in total. The normalized spacial score (nSPS) is 11.1. The highest BCUT2D eigenvalue weighted by atomic mass is 16.6. The Morgan fingerprint density at radius 1 is 1.07 bits per heavy atom. The van der Waals surface area contributed by atoms with Crippen LogP contribution in [0.1, 0.15) is 32.8 Å². The van der Waals surface area contributed by atoms with Crippen LogP contribution in [0.2, 0.25) is 0 Å². The molecule has 5 nitrogen and oxygen atoms in total. The first-order chi connectivity index (χ1) is 12.9. The molecule has 0 unspecified atom stereocenters. The van der Waals surface area contributed by atoms with Gasteiger partial charge >= 0.3 is 6.09 Å². The summed E-state index contributed by atoms with van der Waals surface area (Å²) < 4.78 is 11.3. The Morgan fingerprint density at radius 2 is 1.81 bits per heavy atom. The van der Waals surface area contributed by atoms with Gasteiger partial charge in [-0.05, 0) is 58.0 Å². The SMILES string of the molecule is CNCCCOc1cc(CNC(=O)OC(C)(C)C)ccc1-c1ccccc1. The number of carbonyl (C=O) groups excluding carboxylic acids is 1. The zero-order chi connectivity index (χ0) is 19.7. The van der Waals surface area contributed by atoms with Gasteiger partial charge in [0.15, 0.2) is 0 Å². The van der Waals surface area contributed by atoms with Crippen molar-refractivity contribution in [2.45, 2.75) is 39.3 Å². The predicted molar refractivity (Wildman–Crippen MR) is 109 cm³/mol. The van der Waals surface area contributed by atoms with Crippen molar-refractivity contribution in [2.24, 2.45) is 0 Å². The first-order valence-corrected chi connectivity index (χ1v) is 9.31. The molecule has 0 radical (unpaired) electrons. The molecule has 0 bridgehead atoms. The molecule has 0 atom stereocenters. The average molecular weight is 370 g/mol. The van der Waals surface area contributed by atoms with Gasteiger partial charge in [0.2, 0.25) is 0 Å². The Balaban J connectivity index is 2.11. The van der Waals surface area contributed by atoms with Crippen molar-refractivity contribution < 1.29 is 14.3 Å². The van der Waals surface area contributed by atoms with E-state index in [0.717, 1.165) is 35.4 Å². The van der Waals surface area contributed by atoms with E-state index in [4.69, 9.17) is 9.47 Å². The van der Waals surface area contributed by atoms with E-state index >= 15 is 0 Å². The van der Waals surface area contributed by atoms with Crippen LogP contribution in [-0.2, 0) is 11.3 Å². The van der Waals surface area contributed by atoms with Gasteiger partial charge in [-0.15, -0.1) is 0 Å². The van der Waals surface area contributed by atoms with Crippen molar-refractivity contribution in [3.63, 3.8) is 0 Å². The number of amides is 1. The van der Waals surface area contributed by atoms with Crippen molar-refractivity contribution >= 4 is 6.09 Å². The molecule has 2 aromatic rings. The van der Waals surface area contributed by atoms with Crippen LogP contribution in [0.4, 0.5) is 4.79 Å². The van der Waals surface area contributed by atoms with Crippen LogP contribution < -0.4 is 15.4 Å². The van der Waals surface area contributed by atoms with Gasteiger partial charge in [0.1, 0.15) is 11.4 Å². The van der Waals surface area contributed by atoms with Gasteiger partial charge < -0.3 is 20.1 Å². The van der Waals surface area contributed by atoms with E-state index in [2.05, 4.69) is 22.8 Å². The van der Waals surface area contributed by atoms with E-state index in [-0.39, 0.29) is 0 Å². The van der Waals surface area contributed by atoms with Gasteiger partial charge in [0.25, 0.3) is 0 Å². The minimum atomic E-state index is -0.511. The summed E-state index contributed by atoms with van der Waals surface area (Å²) in [4.78, 5) is 11.9. The van der Waals surface area contributed by atoms with Gasteiger partial charge in [-0.3, -0.25) is 0 Å². The molecule has 0 spiro atoms. The Labute approximate surface area is 162 Å². The molecule has 2 rings (SSSR count). The van der Waals surface area contributed by atoms with E-state index in [1.54, 1.807) is 0 Å². The monoisotopic (exact) mass is 370 g/mol. The van der Waals surface area contributed by atoms with Gasteiger partial charge in [-0.1, -0.05) is 42.5 Å². The Morgan fingerprint density at radius 3 is 2.48 bits per heavy atom. The molecule has 0 aliphatic rings. The number of hydrogen-bond donors (Lipinski definition) is 2. The highest BCUT2D eigenvalue weighted by Gasteiger charge is 2.16. The number of benzene rings is 2. The zero-order valence-electron chi connectivity index (χ0n) is 16.7. The lowest BCUT2D eigenvalue weighted by atomic mass is 10.0. The maximum absolute atomic E-state index is 11.9. The molecule has 0 aliphatic heterocycles. The van der Waals surface area contributed by atoms with Crippen LogP contribution in [0.3, 0.4) is 0 Å². The average Bonchev–Trinajstić information content (AvgIpc) is 2.63. The summed E-state index contributed by atoms with van der Waals surface area (Å²) in [6, 6.07) is 16.2. The fourth-order valence-corrected chi connectivity index (χ4v) is 2.57. The number of ether oxygens (including phenoxy) is 2. The molecule has 0 saturated carbocycles. The van der Waals surface area contributed by atoms with Gasteiger partial charge in [-0.2, -0.15) is 0 Å². The third-order valence-corrected chi connectivity index (χ3v) is 3.80. The highest BCUT2D eigenvalue weighted by Crippen LogP contribution is 2.31. The Bertz CT molecular complexity index is 724. The smallest absolute Gasteiger partial charge is 0.407 e. The molecule has 5 heteroatoms. The molecular weight excluding hydrogens is 340 g/mol. The Hall–Kier alpha value is -2.53. The second-order valence-electron chi connectivity index (χ2n) is 7.36. The van der Waals surface area contributed by atoms with Crippen molar-refractivity contribution in [1.82, 2.24) is 10.6 Å². The number of carbonyl (C=O) groups is 1. The number of alkyl carbamates (subject to hydrolysis) is 1. The van der Waals surface area contributed by atoms with Crippen LogP contribution in [0.5, 0.6) is 5.75 Å². The second-order valence-corrected chi connectivity index (χ2v) is 7.36. The summed E-state index contributed by atoms with van der Waals surface area (Å²) in [6.45, 7) is 7.45. The van der Waals surface area contributed by atoms with E-state index in [1.165, 1.54) is 0 Å². The van der Waals surface area contributed by atoms with Crippen molar-refractivity contribution in [1.29, 1.82) is 0 Å². The molecule has 1 amide bonds. The summed E-state index contributed by atoms with van der Waals surface area (Å²) >= 11 is 0. The fraction of sp³-hybridized carbons (Fsp3) is 0.409. The van der Waals surface area contributed by atoms with Crippen LogP contribution >= 0.6 is 0 Å². The molecule has 0 aliphatic carbocycles. The second kappa shape index (κ2) is 9.97. The Kier molecular flexibility index (Phi) is 7.67. The third kappa shape index (κ3) is 7.31. The number of rotatable bonds is 8. The molecule has 146 valence electrons. The first kappa shape index (κ1) is 20.8. The quantitative estimate of drug-likeness (QED) is 0.678. The topological polar surface area (TPSA) is 59.6 Å². The zero-order valence-corrected chi connectivity index (χ0v) is 16.7. The maximum atomic E-state index is 11.9. The van der Waals surface area contributed by atoms with E-state index in [1.807, 2.05) is 64.2 Å². The standard InChI is InChI=1S/C22H30N2O3/c1-22(2,3)27-21(25)24-16-17-11-12-19(18-9-6-5-7-10-18)20(15-17)26-14-8-13-23-4/h5-7,9-12,15,23H,8,13-14,16H2,1-4H3,(H,24,25). The summed E-state index contributed by atoms with van der Waals surface area (Å²) in [5, 5.41) is 5.91. The number of nitrogens with one attached hydrogen (secondary N) is 2. The van der Waals surface area contributed by atoms with Crippen LogP contribution in [0.15, 0.2) is 48.5 Å². The molecule has 0 heterocycles. The summed E-state index contributed by atoms with van der Waals surface area (Å²) in [5.41, 5.74) is 2.60. The summed E-state index contributed by atoms with van der Waals surface area (Å²) in [7, 11) is 1.93. The molecule has 27 heavy (non-hydrogen) atoms. The first-order valence-electron chi connectivity index (χ1n) is 9.31. The van der Waals surface area contributed by atoms with Crippen molar-refractivity contribution in [3.05, 3.63) is 54.1 Å². The van der Waals surface area contributed by atoms with Crippen LogP contribution in [-0.4, -0.2) is 31.9 Å². The van der Waals surface area contributed by atoms with E-state index < -0.39 is 11.7 Å². The van der Waals surface area contributed by atoms with Crippen molar-refractivity contribution in [3.8, 4) is 16.9 Å². The number of hydrogen-bond acceptors (Lipinski definition) is 4. The molecule has 0 saturated heterocycles. The summed E-state index contributed by atoms with van der Waals surface area (Å²) in [6.07, 6.45) is 0.497. The highest BCUT2D eigenvalue weighted by molar-refractivity contribution is 5.71. The van der Waals surface area contributed by atoms with E-state index in [0.29, 0.717) is 13.2 Å². The lowest BCUT2D eigenvalue weighted by molar-refractivity contribution is 0.0523. The van der Waals surface area contributed by atoms with E-state index in [9.17, 15) is 4.79 Å². The third-order valence-electron chi connectivity index (χ3n) is 3.80. The van der Waals surface area contributed by atoms with Crippen LogP contribution in [0, 0.1) is 0 Å². The minimum Gasteiger partial charge on any atom is -0.493 e. The molecule has 0 fully saturated rings. The lowest BCUT2D eigenvalue weighted by Gasteiger charge is -2.20. The minimum absolute atomic E-state index is 0.386. The van der Waals surface area contributed by atoms with Gasteiger partial charge in [-0.25, -0.2) is 4.79 Å².